The molecule has 3 heterocycles. The summed E-state index contributed by atoms with van der Waals surface area (Å²) in [7, 11) is 0. The van der Waals surface area contributed by atoms with Crippen molar-refractivity contribution < 1.29 is 9.15 Å². The van der Waals surface area contributed by atoms with E-state index in [0.29, 0.717) is 0 Å². The van der Waals surface area contributed by atoms with Gasteiger partial charge in [0.1, 0.15) is 23.0 Å². The Balaban J connectivity index is 1.31. The lowest BCUT2D eigenvalue weighted by Gasteiger charge is -2.22. The molecule has 0 saturated carbocycles. The molecule has 0 spiro atoms. The number of para-hydroxylation sites is 1. The van der Waals surface area contributed by atoms with Gasteiger partial charge in [-0.2, -0.15) is 0 Å². The summed E-state index contributed by atoms with van der Waals surface area (Å²) < 4.78 is 15.4. The Morgan fingerprint density at radius 3 is 2.11 bits per heavy atom. The molecule has 0 atom stereocenters. The van der Waals surface area contributed by atoms with Gasteiger partial charge in [0.25, 0.3) is 0 Å². The molecule has 1 aliphatic rings. The third kappa shape index (κ3) is 2.70. The van der Waals surface area contributed by atoms with Gasteiger partial charge in [-0.1, -0.05) is 66.7 Å². The molecular formula is C32H18O2S. The molecule has 2 nitrogen and oxygen atoms in total. The fourth-order valence-electron chi connectivity index (χ4n) is 5.36. The topological polar surface area (TPSA) is 22.4 Å². The minimum atomic E-state index is 0.862. The zero-order valence-corrected chi connectivity index (χ0v) is 19.4. The maximum absolute atomic E-state index is 6.53. The summed E-state index contributed by atoms with van der Waals surface area (Å²) >= 11 is 1.82. The largest absolute Gasteiger partial charge is 0.456 e. The van der Waals surface area contributed by atoms with E-state index >= 15 is 0 Å². The second kappa shape index (κ2) is 7.08. The van der Waals surface area contributed by atoms with Gasteiger partial charge in [0.2, 0.25) is 0 Å². The molecule has 0 amide bonds. The number of rotatable bonds is 2. The van der Waals surface area contributed by atoms with Crippen LogP contribution in [0.4, 0.5) is 0 Å². The smallest absolute Gasteiger partial charge is 0.136 e. The average molecular weight is 467 g/mol. The van der Waals surface area contributed by atoms with Gasteiger partial charge in [0.05, 0.1) is 0 Å². The van der Waals surface area contributed by atoms with E-state index < -0.39 is 0 Å². The van der Waals surface area contributed by atoms with Crippen LogP contribution in [0.25, 0.3) is 64.7 Å². The Hall–Kier alpha value is -4.34. The van der Waals surface area contributed by atoms with Gasteiger partial charge in [-0.25, -0.2) is 0 Å². The molecule has 0 aliphatic carbocycles. The van der Waals surface area contributed by atoms with Crippen LogP contribution in [0, 0.1) is 0 Å². The summed E-state index contributed by atoms with van der Waals surface area (Å²) in [5.74, 6) is 3.54. The van der Waals surface area contributed by atoms with Crippen LogP contribution in [-0.4, -0.2) is 0 Å². The van der Waals surface area contributed by atoms with E-state index in [0.717, 1.165) is 50.5 Å². The molecule has 0 fully saturated rings. The SMILES string of the molecule is c1ccc2c(c1)Oc1ccc(-c3ccc(-c4cccc5c4sc4ccccc45)o3)c3cccc-2c13. The molecule has 3 heteroatoms. The van der Waals surface area contributed by atoms with Crippen molar-refractivity contribution in [2.24, 2.45) is 0 Å². The van der Waals surface area contributed by atoms with Crippen LogP contribution in [-0.2, 0) is 0 Å². The number of hydrogen-bond donors (Lipinski definition) is 0. The van der Waals surface area contributed by atoms with Crippen molar-refractivity contribution in [3.63, 3.8) is 0 Å². The van der Waals surface area contributed by atoms with E-state index in [1.54, 1.807) is 0 Å². The van der Waals surface area contributed by atoms with E-state index in [4.69, 9.17) is 9.15 Å². The molecule has 35 heavy (non-hydrogen) atoms. The van der Waals surface area contributed by atoms with Crippen LogP contribution in [0.15, 0.2) is 114 Å². The number of furan rings is 1. The first kappa shape index (κ1) is 19.0. The van der Waals surface area contributed by atoms with E-state index in [2.05, 4.69) is 97.1 Å². The summed E-state index contributed by atoms with van der Waals surface area (Å²) in [6, 6.07) is 38.1. The van der Waals surface area contributed by atoms with Crippen molar-refractivity contribution in [2.75, 3.05) is 0 Å². The maximum Gasteiger partial charge on any atom is 0.136 e. The van der Waals surface area contributed by atoms with E-state index in [-0.39, 0.29) is 0 Å². The first-order chi connectivity index (χ1) is 17.3. The Morgan fingerprint density at radius 1 is 0.457 bits per heavy atom. The number of fused-ring (bicyclic) bond motifs is 5. The fourth-order valence-corrected chi connectivity index (χ4v) is 6.58. The van der Waals surface area contributed by atoms with Gasteiger partial charge in [-0.05, 0) is 53.4 Å². The van der Waals surface area contributed by atoms with Crippen molar-refractivity contribution >= 4 is 42.3 Å². The second-order valence-electron chi connectivity index (χ2n) is 8.88. The summed E-state index contributed by atoms with van der Waals surface area (Å²) in [6.45, 7) is 0. The minimum Gasteiger partial charge on any atom is -0.456 e. The van der Waals surface area contributed by atoms with Crippen LogP contribution < -0.4 is 4.74 Å². The van der Waals surface area contributed by atoms with Gasteiger partial charge in [-0.15, -0.1) is 11.3 Å². The highest BCUT2D eigenvalue weighted by Gasteiger charge is 2.22. The number of hydrogen-bond acceptors (Lipinski definition) is 3. The fraction of sp³-hybridized carbons (Fsp3) is 0. The monoisotopic (exact) mass is 466 g/mol. The molecule has 0 saturated heterocycles. The normalized spacial score (nSPS) is 12.2. The minimum absolute atomic E-state index is 0.862. The van der Waals surface area contributed by atoms with Gasteiger partial charge in [-0.3, -0.25) is 0 Å². The molecule has 164 valence electrons. The molecule has 7 aromatic rings. The third-order valence-electron chi connectivity index (χ3n) is 6.94. The second-order valence-corrected chi connectivity index (χ2v) is 9.93. The van der Waals surface area contributed by atoms with Crippen LogP contribution in [0.5, 0.6) is 11.5 Å². The van der Waals surface area contributed by atoms with Gasteiger partial charge in [0, 0.05) is 42.2 Å². The lowest BCUT2D eigenvalue weighted by Crippen LogP contribution is -1.97. The first-order valence-electron chi connectivity index (χ1n) is 11.7. The lowest BCUT2D eigenvalue weighted by molar-refractivity contribution is 0.487. The van der Waals surface area contributed by atoms with Crippen LogP contribution in [0.2, 0.25) is 0 Å². The van der Waals surface area contributed by atoms with Crippen molar-refractivity contribution in [3.8, 4) is 45.3 Å². The van der Waals surface area contributed by atoms with Crippen LogP contribution in [0.1, 0.15) is 0 Å². The first-order valence-corrected chi connectivity index (χ1v) is 12.5. The van der Waals surface area contributed by atoms with Gasteiger partial charge < -0.3 is 9.15 Å². The number of benzene rings is 5. The number of ether oxygens (including phenoxy) is 1. The van der Waals surface area contributed by atoms with Gasteiger partial charge >= 0.3 is 0 Å². The molecule has 8 rings (SSSR count). The molecule has 1 aliphatic heterocycles. The summed E-state index contributed by atoms with van der Waals surface area (Å²) in [5, 5.41) is 4.84. The van der Waals surface area contributed by atoms with E-state index in [1.807, 2.05) is 23.5 Å². The standard InChI is InChI=1S/C32H18O2S/c1-3-13-26-19(7-1)22-9-5-10-23-20(15-16-29(34-26)31(22)23)27-17-18-28(33-27)25-12-6-11-24-21-8-2-4-14-30(21)35-32(24)25/h1-18H. The zero-order chi connectivity index (χ0) is 22.9. The number of thiophene rings is 1. The van der Waals surface area contributed by atoms with Crippen molar-refractivity contribution in [1.82, 2.24) is 0 Å². The summed E-state index contributed by atoms with van der Waals surface area (Å²) in [5.41, 5.74) is 4.53. The van der Waals surface area contributed by atoms with Crippen molar-refractivity contribution in [2.45, 2.75) is 0 Å². The Morgan fingerprint density at radius 2 is 1.17 bits per heavy atom. The molecule has 0 bridgehead atoms. The summed E-state index contributed by atoms with van der Waals surface area (Å²) in [4.78, 5) is 0. The molecule has 0 N–H and O–H groups in total. The average Bonchev–Trinajstić information content (AvgIpc) is 3.54. The van der Waals surface area contributed by atoms with Crippen LogP contribution in [0.3, 0.4) is 0 Å². The highest BCUT2D eigenvalue weighted by Crippen LogP contribution is 2.49. The highest BCUT2D eigenvalue weighted by molar-refractivity contribution is 7.26. The maximum atomic E-state index is 6.53. The van der Waals surface area contributed by atoms with Crippen molar-refractivity contribution in [3.05, 3.63) is 109 Å². The molecular weight excluding hydrogens is 448 g/mol. The molecule has 5 aromatic carbocycles. The molecule has 0 unspecified atom stereocenters. The molecule has 0 radical (unpaired) electrons. The van der Waals surface area contributed by atoms with E-state index in [1.165, 1.54) is 25.7 Å². The zero-order valence-electron chi connectivity index (χ0n) is 18.6. The summed E-state index contributed by atoms with van der Waals surface area (Å²) in [6.07, 6.45) is 0. The highest BCUT2D eigenvalue weighted by atomic mass is 32.1. The van der Waals surface area contributed by atoms with E-state index in [9.17, 15) is 0 Å². The predicted molar refractivity (Wildman–Crippen MR) is 145 cm³/mol. The third-order valence-corrected chi connectivity index (χ3v) is 8.16. The van der Waals surface area contributed by atoms with Crippen LogP contribution >= 0.6 is 11.3 Å². The molecule has 2 aromatic heterocycles. The Labute approximate surface area is 205 Å². The predicted octanol–water partition coefficient (Wildman–Crippen LogP) is 9.91. The Kier molecular flexibility index (Phi) is 3.85. The quantitative estimate of drug-likeness (QED) is 0.253. The Bertz CT molecular complexity index is 1940. The van der Waals surface area contributed by atoms with Crippen molar-refractivity contribution in [1.29, 1.82) is 0 Å². The lowest BCUT2D eigenvalue weighted by atomic mass is 9.92. The van der Waals surface area contributed by atoms with Gasteiger partial charge in [0.15, 0.2) is 0 Å².